The summed E-state index contributed by atoms with van der Waals surface area (Å²) in [6.45, 7) is 0. The van der Waals surface area contributed by atoms with Crippen LogP contribution in [0, 0.1) is 0 Å². The van der Waals surface area contributed by atoms with Gasteiger partial charge in [0.2, 0.25) is 0 Å². The predicted octanol–water partition coefficient (Wildman–Crippen LogP) is 7.45. The zero-order valence-electron chi connectivity index (χ0n) is 14.5. The molecular weight excluding hydrogens is 382 g/mol. The van der Waals surface area contributed by atoms with Gasteiger partial charge in [0.05, 0.1) is 0 Å². The maximum Gasteiger partial charge on any atom is 0.0458 e. The summed E-state index contributed by atoms with van der Waals surface area (Å²) in [6.07, 6.45) is 6.43. The van der Waals surface area contributed by atoms with Crippen molar-refractivity contribution in [3.63, 3.8) is 0 Å². The van der Waals surface area contributed by atoms with Gasteiger partial charge in [-0.3, -0.25) is 0 Å². The molecule has 26 heavy (non-hydrogen) atoms. The summed E-state index contributed by atoms with van der Waals surface area (Å²) < 4.78 is 1.26. The van der Waals surface area contributed by atoms with E-state index in [0.29, 0.717) is 0 Å². The summed E-state index contributed by atoms with van der Waals surface area (Å²) in [5, 5.41) is 0. The van der Waals surface area contributed by atoms with Gasteiger partial charge in [-0.15, -0.1) is 0 Å². The molecule has 0 atom stereocenters. The van der Waals surface area contributed by atoms with E-state index in [4.69, 9.17) is 0 Å². The van der Waals surface area contributed by atoms with Crippen LogP contribution >= 0.6 is 15.9 Å². The SMILES string of the molecule is BrC1=CC=C(N(c2ccccc2)c2ccc(-c3ccccc3)cc2)CC1. The second-order valence-corrected chi connectivity index (χ2v) is 7.37. The number of anilines is 2. The first-order valence-electron chi connectivity index (χ1n) is 8.87. The Morgan fingerprint density at radius 1 is 0.577 bits per heavy atom. The molecule has 0 radical (unpaired) electrons. The first-order chi connectivity index (χ1) is 12.8. The third-order valence-electron chi connectivity index (χ3n) is 4.61. The lowest BCUT2D eigenvalue weighted by molar-refractivity contribution is 0.911. The molecule has 4 rings (SSSR count). The highest BCUT2D eigenvalue weighted by atomic mass is 79.9. The number of para-hydroxylation sites is 1. The summed E-state index contributed by atoms with van der Waals surface area (Å²) >= 11 is 3.61. The van der Waals surface area contributed by atoms with E-state index in [9.17, 15) is 0 Å². The molecule has 1 aliphatic carbocycles. The fourth-order valence-electron chi connectivity index (χ4n) is 3.28. The van der Waals surface area contributed by atoms with Crippen LogP contribution in [0.2, 0.25) is 0 Å². The van der Waals surface area contributed by atoms with E-state index in [2.05, 4.69) is 118 Å². The normalized spacial score (nSPS) is 13.7. The maximum atomic E-state index is 3.61. The molecule has 1 aliphatic rings. The molecule has 0 unspecified atom stereocenters. The molecule has 3 aromatic carbocycles. The van der Waals surface area contributed by atoms with Crippen molar-refractivity contribution in [1.82, 2.24) is 0 Å². The van der Waals surface area contributed by atoms with Gasteiger partial charge in [0, 0.05) is 17.1 Å². The molecule has 0 bridgehead atoms. The van der Waals surface area contributed by atoms with Crippen LogP contribution in [0.25, 0.3) is 11.1 Å². The Labute approximate surface area is 163 Å². The second kappa shape index (κ2) is 7.76. The monoisotopic (exact) mass is 401 g/mol. The van der Waals surface area contributed by atoms with E-state index >= 15 is 0 Å². The zero-order valence-corrected chi connectivity index (χ0v) is 16.1. The Balaban J connectivity index is 1.73. The van der Waals surface area contributed by atoms with Gasteiger partial charge in [-0.05, 0) is 58.8 Å². The van der Waals surface area contributed by atoms with Gasteiger partial charge in [-0.2, -0.15) is 0 Å². The van der Waals surface area contributed by atoms with Crippen LogP contribution in [0.5, 0.6) is 0 Å². The molecule has 0 aliphatic heterocycles. The number of nitrogens with zero attached hydrogens (tertiary/aromatic N) is 1. The third kappa shape index (κ3) is 3.66. The van der Waals surface area contributed by atoms with Gasteiger partial charge in [-0.1, -0.05) is 82.7 Å². The van der Waals surface area contributed by atoms with E-state index in [-0.39, 0.29) is 0 Å². The molecule has 0 amide bonds. The Morgan fingerprint density at radius 2 is 1.15 bits per heavy atom. The standard InChI is InChI=1S/C24H20BrN/c25-21-13-17-24(18-14-21)26(22-9-5-2-6-10-22)23-15-11-20(12-16-23)19-7-3-1-4-8-19/h1-13,15-17H,14,18H2. The summed E-state index contributed by atoms with van der Waals surface area (Å²) in [5.74, 6) is 0. The number of rotatable bonds is 4. The second-order valence-electron chi connectivity index (χ2n) is 6.36. The van der Waals surface area contributed by atoms with Gasteiger partial charge in [0.1, 0.15) is 0 Å². The van der Waals surface area contributed by atoms with Gasteiger partial charge < -0.3 is 4.90 Å². The van der Waals surface area contributed by atoms with E-state index in [1.165, 1.54) is 32.7 Å². The van der Waals surface area contributed by atoms with Crippen molar-refractivity contribution >= 4 is 27.3 Å². The van der Waals surface area contributed by atoms with Crippen LogP contribution in [0.3, 0.4) is 0 Å². The fraction of sp³-hybridized carbons (Fsp3) is 0.0833. The van der Waals surface area contributed by atoms with Crippen molar-refractivity contribution in [2.45, 2.75) is 12.8 Å². The van der Waals surface area contributed by atoms with Crippen LogP contribution in [0.1, 0.15) is 12.8 Å². The van der Waals surface area contributed by atoms with E-state index in [0.717, 1.165) is 12.8 Å². The first kappa shape index (κ1) is 16.9. The molecule has 0 fully saturated rings. The molecule has 0 spiro atoms. The molecular formula is C24H20BrN. The van der Waals surface area contributed by atoms with Crippen molar-refractivity contribution in [1.29, 1.82) is 0 Å². The number of hydrogen-bond acceptors (Lipinski definition) is 1. The van der Waals surface area contributed by atoms with Gasteiger partial charge >= 0.3 is 0 Å². The van der Waals surface area contributed by atoms with E-state index in [1.807, 2.05) is 0 Å². The van der Waals surface area contributed by atoms with Crippen LogP contribution in [0.4, 0.5) is 11.4 Å². The number of hydrogen-bond donors (Lipinski definition) is 0. The minimum Gasteiger partial charge on any atom is -0.314 e. The quantitative estimate of drug-likeness (QED) is 0.438. The summed E-state index contributed by atoms with van der Waals surface area (Å²) in [5.41, 5.74) is 6.18. The van der Waals surface area contributed by atoms with Gasteiger partial charge in [0.25, 0.3) is 0 Å². The lowest BCUT2D eigenvalue weighted by Crippen LogP contribution is -2.17. The zero-order chi connectivity index (χ0) is 17.8. The van der Waals surface area contributed by atoms with Crippen molar-refractivity contribution in [2.24, 2.45) is 0 Å². The summed E-state index contributed by atoms with van der Waals surface area (Å²) in [7, 11) is 0. The van der Waals surface area contributed by atoms with Crippen LogP contribution in [-0.2, 0) is 0 Å². The highest BCUT2D eigenvalue weighted by Crippen LogP contribution is 2.35. The lowest BCUT2D eigenvalue weighted by atomic mass is 10.0. The van der Waals surface area contributed by atoms with Gasteiger partial charge in [-0.25, -0.2) is 0 Å². The molecule has 0 aromatic heterocycles. The number of allylic oxidation sites excluding steroid dienone is 4. The largest absolute Gasteiger partial charge is 0.314 e. The maximum absolute atomic E-state index is 3.61. The average molecular weight is 402 g/mol. The molecule has 128 valence electrons. The third-order valence-corrected chi connectivity index (χ3v) is 5.27. The predicted molar refractivity (Wildman–Crippen MR) is 115 cm³/mol. The Kier molecular flexibility index (Phi) is 5.03. The Hall–Kier alpha value is -2.58. The van der Waals surface area contributed by atoms with Crippen molar-refractivity contribution in [3.05, 3.63) is 107 Å². The average Bonchev–Trinajstić information content (AvgIpc) is 2.72. The lowest BCUT2D eigenvalue weighted by Gasteiger charge is -2.29. The summed E-state index contributed by atoms with van der Waals surface area (Å²) in [4.78, 5) is 2.35. The summed E-state index contributed by atoms with van der Waals surface area (Å²) in [6, 6.07) is 29.9. The molecule has 3 aromatic rings. The van der Waals surface area contributed by atoms with Crippen LogP contribution in [0.15, 0.2) is 107 Å². The minimum absolute atomic E-state index is 1.02. The molecule has 0 saturated carbocycles. The number of halogens is 1. The first-order valence-corrected chi connectivity index (χ1v) is 9.66. The van der Waals surface area contributed by atoms with Crippen LogP contribution < -0.4 is 4.90 Å². The minimum atomic E-state index is 1.02. The van der Waals surface area contributed by atoms with Crippen LogP contribution in [-0.4, -0.2) is 0 Å². The molecule has 2 heteroatoms. The topological polar surface area (TPSA) is 3.24 Å². The highest BCUT2D eigenvalue weighted by molar-refractivity contribution is 9.11. The Morgan fingerprint density at radius 3 is 1.77 bits per heavy atom. The molecule has 0 saturated heterocycles. The smallest absolute Gasteiger partial charge is 0.0458 e. The molecule has 1 nitrogen and oxygen atoms in total. The van der Waals surface area contributed by atoms with Crippen molar-refractivity contribution in [2.75, 3.05) is 4.90 Å². The molecule has 0 N–H and O–H groups in total. The fourth-order valence-corrected chi connectivity index (χ4v) is 3.61. The van der Waals surface area contributed by atoms with Gasteiger partial charge in [0.15, 0.2) is 0 Å². The van der Waals surface area contributed by atoms with E-state index < -0.39 is 0 Å². The molecule has 0 heterocycles. The van der Waals surface area contributed by atoms with Crippen molar-refractivity contribution in [3.8, 4) is 11.1 Å². The highest BCUT2D eigenvalue weighted by Gasteiger charge is 2.16. The van der Waals surface area contributed by atoms with E-state index in [1.54, 1.807) is 0 Å². The number of benzene rings is 3. The van der Waals surface area contributed by atoms with Crippen molar-refractivity contribution < 1.29 is 0 Å². The Bertz CT molecular complexity index is 925.